The van der Waals surface area contributed by atoms with Crippen LogP contribution in [0.2, 0.25) is 0 Å². The largest absolute Gasteiger partial charge is 0.354 e. The molecular weight excluding hydrogens is 289 g/mol. The summed E-state index contributed by atoms with van der Waals surface area (Å²) in [5.41, 5.74) is 2.83. The number of hydrogen-bond donors (Lipinski definition) is 1. The van der Waals surface area contributed by atoms with Crippen molar-refractivity contribution in [3.05, 3.63) is 29.0 Å². The zero-order valence-corrected chi connectivity index (χ0v) is 13.4. The molecule has 21 heavy (non-hydrogen) atoms. The summed E-state index contributed by atoms with van der Waals surface area (Å²) in [6, 6.07) is 0. The zero-order chi connectivity index (χ0) is 15.4. The lowest BCUT2D eigenvalue weighted by Gasteiger charge is -2.08. The predicted octanol–water partition coefficient (Wildman–Crippen LogP) is 3.30. The molecule has 0 bridgehead atoms. The van der Waals surface area contributed by atoms with Crippen LogP contribution in [-0.4, -0.2) is 26.5 Å². The van der Waals surface area contributed by atoms with Gasteiger partial charge >= 0.3 is 0 Å². The molecule has 112 valence electrons. The van der Waals surface area contributed by atoms with Gasteiger partial charge in [0.15, 0.2) is 11.0 Å². The first-order valence-corrected chi connectivity index (χ1v) is 7.59. The Kier molecular flexibility index (Phi) is 5.06. The van der Waals surface area contributed by atoms with Gasteiger partial charge in [0.05, 0.1) is 6.20 Å². The van der Waals surface area contributed by atoms with E-state index in [1.165, 1.54) is 6.20 Å². The van der Waals surface area contributed by atoms with Crippen LogP contribution in [0.3, 0.4) is 0 Å². The summed E-state index contributed by atoms with van der Waals surface area (Å²) in [5, 5.41) is 3.76. The first-order chi connectivity index (χ1) is 10.0. The second-order valence-corrected chi connectivity index (χ2v) is 5.63. The molecule has 0 amide bonds. The molecule has 0 atom stereocenters. The minimum Gasteiger partial charge on any atom is -0.354 e. The summed E-state index contributed by atoms with van der Waals surface area (Å²) in [6.07, 6.45) is 2.11. The first-order valence-electron chi connectivity index (χ1n) is 6.77. The zero-order valence-electron chi connectivity index (χ0n) is 12.6. The third-order valence-electron chi connectivity index (χ3n) is 3.05. The van der Waals surface area contributed by atoms with Gasteiger partial charge in [-0.05, 0) is 44.5 Å². The Morgan fingerprint density at radius 1 is 1.14 bits per heavy atom. The van der Waals surface area contributed by atoms with E-state index in [4.69, 9.17) is 0 Å². The first kappa shape index (κ1) is 15.6. The fourth-order valence-electron chi connectivity index (χ4n) is 1.62. The summed E-state index contributed by atoms with van der Waals surface area (Å²) in [5.74, 6) is -0.0529. The minimum atomic E-state index is -0.471. The number of nitrogens with one attached hydrogen (secondary N) is 1. The van der Waals surface area contributed by atoms with E-state index in [9.17, 15) is 4.39 Å². The van der Waals surface area contributed by atoms with Gasteiger partial charge in [-0.1, -0.05) is 6.92 Å². The second kappa shape index (κ2) is 6.80. The molecule has 0 unspecified atom stereocenters. The van der Waals surface area contributed by atoms with Crippen LogP contribution in [0.15, 0.2) is 16.4 Å². The van der Waals surface area contributed by atoms with E-state index in [1.807, 2.05) is 27.7 Å². The molecular formula is C14H18FN5S. The van der Waals surface area contributed by atoms with Crippen molar-refractivity contribution in [3.63, 3.8) is 0 Å². The summed E-state index contributed by atoms with van der Waals surface area (Å²) < 4.78 is 13.8. The van der Waals surface area contributed by atoms with Gasteiger partial charge in [0.1, 0.15) is 5.03 Å². The molecule has 0 saturated heterocycles. The minimum absolute atomic E-state index is 0.228. The van der Waals surface area contributed by atoms with Crippen LogP contribution in [0, 0.1) is 26.6 Å². The van der Waals surface area contributed by atoms with Crippen molar-refractivity contribution >= 4 is 17.7 Å². The van der Waals surface area contributed by atoms with Crippen molar-refractivity contribution in [1.82, 2.24) is 19.9 Å². The molecule has 0 aliphatic rings. The van der Waals surface area contributed by atoms with E-state index < -0.39 is 5.82 Å². The van der Waals surface area contributed by atoms with Crippen LogP contribution < -0.4 is 5.32 Å². The van der Waals surface area contributed by atoms with E-state index in [-0.39, 0.29) is 5.03 Å². The number of aryl methyl sites for hydroxylation is 2. The van der Waals surface area contributed by atoms with Gasteiger partial charge in [-0.25, -0.2) is 24.3 Å². The Labute approximate surface area is 127 Å². The highest BCUT2D eigenvalue weighted by molar-refractivity contribution is 7.99. The highest BCUT2D eigenvalue weighted by atomic mass is 32.2. The van der Waals surface area contributed by atoms with Crippen molar-refractivity contribution < 1.29 is 4.39 Å². The Bertz CT molecular complexity index is 624. The molecule has 0 aromatic carbocycles. The maximum Gasteiger partial charge on any atom is 0.223 e. The maximum atomic E-state index is 13.8. The molecule has 0 saturated carbocycles. The standard InChI is InChI=1S/C14H18FN5S/c1-5-6-16-13-17-7-11(15)12(20-13)21-14-18-9(3)8(2)10(4)19-14/h7H,5-6H2,1-4H3,(H,16,17,20). The van der Waals surface area contributed by atoms with Crippen LogP contribution in [0.25, 0.3) is 0 Å². The van der Waals surface area contributed by atoms with E-state index in [1.54, 1.807) is 0 Å². The van der Waals surface area contributed by atoms with Gasteiger partial charge < -0.3 is 5.32 Å². The topological polar surface area (TPSA) is 63.6 Å². The van der Waals surface area contributed by atoms with E-state index in [2.05, 4.69) is 25.3 Å². The predicted molar refractivity (Wildman–Crippen MR) is 81.1 cm³/mol. The van der Waals surface area contributed by atoms with Gasteiger partial charge in [0.2, 0.25) is 5.95 Å². The molecule has 1 N–H and O–H groups in total. The molecule has 2 rings (SSSR count). The molecule has 0 aliphatic carbocycles. The Hall–Kier alpha value is -1.76. The molecule has 2 aromatic heterocycles. The normalized spacial score (nSPS) is 10.7. The van der Waals surface area contributed by atoms with E-state index in [0.717, 1.165) is 41.7 Å². The SMILES string of the molecule is CCCNc1ncc(F)c(Sc2nc(C)c(C)c(C)n2)n1. The van der Waals surface area contributed by atoms with Crippen molar-refractivity contribution in [1.29, 1.82) is 0 Å². The number of nitrogens with zero attached hydrogens (tertiary/aromatic N) is 4. The summed E-state index contributed by atoms with van der Waals surface area (Å²) in [6.45, 7) is 8.58. The lowest BCUT2D eigenvalue weighted by molar-refractivity contribution is 0.579. The Morgan fingerprint density at radius 2 is 1.81 bits per heavy atom. The van der Waals surface area contributed by atoms with Crippen molar-refractivity contribution in [2.45, 2.75) is 44.3 Å². The average Bonchev–Trinajstić information content (AvgIpc) is 2.45. The van der Waals surface area contributed by atoms with Gasteiger partial charge in [0.25, 0.3) is 0 Å². The fraction of sp³-hybridized carbons (Fsp3) is 0.429. The van der Waals surface area contributed by atoms with E-state index in [0.29, 0.717) is 11.1 Å². The van der Waals surface area contributed by atoms with Gasteiger partial charge in [0, 0.05) is 17.9 Å². The lowest BCUT2D eigenvalue weighted by Crippen LogP contribution is -2.06. The number of anilines is 1. The Morgan fingerprint density at radius 3 is 2.43 bits per heavy atom. The Balaban J connectivity index is 2.26. The molecule has 0 aliphatic heterocycles. The highest BCUT2D eigenvalue weighted by Crippen LogP contribution is 2.27. The van der Waals surface area contributed by atoms with Crippen LogP contribution >= 0.6 is 11.8 Å². The van der Waals surface area contributed by atoms with Crippen LogP contribution in [0.4, 0.5) is 10.3 Å². The van der Waals surface area contributed by atoms with E-state index >= 15 is 0 Å². The van der Waals surface area contributed by atoms with Crippen molar-refractivity contribution in [2.75, 3.05) is 11.9 Å². The summed E-state index contributed by atoms with van der Waals surface area (Å²) in [4.78, 5) is 16.8. The smallest absolute Gasteiger partial charge is 0.223 e. The third-order valence-corrected chi connectivity index (χ3v) is 3.89. The quantitative estimate of drug-likeness (QED) is 0.675. The van der Waals surface area contributed by atoms with Gasteiger partial charge in [-0.15, -0.1) is 0 Å². The molecule has 7 heteroatoms. The third kappa shape index (κ3) is 3.87. The monoisotopic (exact) mass is 307 g/mol. The van der Waals surface area contributed by atoms with Crippen LogP contribution in [0.1, 0.15) is 30.3 Å². The van der Waals surface area contributed by atoms with Crippen molar-refractivity contribution in [3.8, 4) is 0 Å². The number of aromatic nitrogens is 4. The summed E-state index contributed by atoms with van der Waals surface area (Å²) in [7, 11) is 0. The highest BCUT2D eigenvalue weighted by Gasteiger charge is 2.12. The average molecular weight is 307 g/mol. The van der Waals surface area contributed by atoms with Gasteiger partial charge in [-0.2, -0.15) is 0 Å². The van der Waals surface area contributed by atoms with Crippen LogP contribution in [0.5, 0.6) is 0 Å². The molecule has 5 nitrogen and oxygen atoms in total. The number of rotatable bonds is 5. The second-order valence-electron chi connectivity index (χ2n) is 4.68. The molecule has 2 heterocycles. The fourth-order valence-corrected chi connectivity index (χ4v) is 2.44. The molecule has 0 spiro atoms. The lowest BCUT2D eigenvalue weighted by atomic mass is 10.2. The number of halogens is 1. The van der Waals surface area contributed by atoms with Crippen molar-refractivity contribution in [2.24, 2.45) is 0 Å². The summed E-state index contributed by atoms with van der Waals surface area (Å²) >= 11 is 1.11. The molecule has 2 aromatic rings. The molecule has 0 fully saturated rings. The van der Waals surface area contributed by atoms with Gasteiger partial charge in [-0.3, -0.25) is 0 Å². The maximum absolute atomic E-state index is 13.8. The number of hydrogen-bond acceptors (Lipinski definition) is 6. The van der Waals surface area contributed by atoms with Crippen LogP contribution in [-0.2, 0) is 0 Å². The molecule has 0 radical (unpaired) electrons.